The van der Waals surface area contributed by atoms with Crippen LogP contribution in [0.1, 0.15) is 34.1 Å². The Balaban J connectivity index is 1.55. The zero-order valence-corrected chi connectivity index (χ0v) is 17.5. The van der Waals surface area contributed by atoms with E-state index in [0.717, 1.165) is 35.5 Å². The molecule has 1 aromatic heterocycles. The summed E-state index contributed by atoms with van der Waals surface area (Å²) in [5, 5.41) is 4.12. The van der Waals surface area contributed by atoms with Crippen molar-refractivity contribution >= 4 is 39.8 Å². The highest BCUT2D eigenvalue weighted by molar-refractivity contribution is 7.17. The molecule has 1 unspecified atom stereocenters. The van der Waals surface area contributed by atoms with E-state index in [9.17, 15) is 9.59 Å². The number of carbonyl (C=O) groups is 2. The monoisotopic (exact) mass is 421 g/mol. The summed E-state index contributed by atoms with van der Waals surface area (Å²) in [6.07, 6.45) is 2.81. The van der Waals surface area contributed by atoms with Crippen molar-refractivity contribution in [3.05, 3.63) is 45.3 Å². The van der Waals surface area contributed by atoms with Gasteiger partial charge in [0.25, 0.3) is 5.91 Å². The molecule has 2 aromatic rings. The molecule has 1 aliphatic rings. The van der Waals surface area contributed by atoms with E-state index >= 15 is 0 Å². The third kappa shape index (κ3) is 4.66. The van der Waals surface area contributed by atoms with E-state index in [1.54, 1.807) is 24.3 Å². The van der Waals surface area contributed by atoms with Gasteiger partial charge >= 0.3 is 0 Å². The second-order valence-corrected chi connectivity index (χ2v) is 8.42. The van der Waals surface area contributed by atoms with Gasteiger partial charge in [-0.3, -0.25) is 14.5 Å². The van der Waals surface area contributed by atoms with Gasteiger partial charge in [-0.1, -0.05) is 11.6 Å². The van der Waals surface area contributed by atoms with Gasteiger partial charge in [-0.25, -0.2) is 0 Å². The second-order valence-electron chi connectivity index (χ2n) is 6.87. The number of thiophene rings is 1. The Bertz CT molecular complexity index is 866. The number of carbonyl (C=O) groups excluding carboxylic acids is 2. The number of nitrogens with one attached hydrogen (secondary N) is 1. The summed E-state index contributed by atoms with van der Waals surface area (Å²) in [6, 6.07) is 6.77. The minimum atomic E-state index is -0.480. The number of rotatable bonds is 8. The molecule has 6 nitrogen and oxygen atoms in total. The maximum absolute atomic E-state index is 12.7. The first-order valence-electron chi connectivity index (χ1n) is 9.20. The van der Waals surface area contributed by atoms with E-state index in [-0.39, 0.29) is 11.9 Å². The average Bonchev–Trinajstić information content (AvgIpc) is 3.22. The highest BCUT2D eigenvalue weighted by Crippen LogP contribution is 2.38. The van der Waals surface area contributed by atoms with Gasteiger partial charge in [0.15, 0.2) is 0 Å². The normalized spacial score (nSPS) is 14.0. The summed E-state index contributed by atoms with van der Waals surface area (Å²) < 4.78 is 5.68. The lowest BCUT2D eigenvalue weighted by Gasteiger charge is -2.23. The van der Waals surface area contributed by atoms with Crippen LogP contribution in [0.2, 0.25) is 5.02 Å². The first-order valence-corrected chi connectivity index (χ1v) is 10.4. The Morgan fingerprint density at radius 3 is 2.71 bits per heavy atom. The van der Waals surface area contributed by atoms with Crippen molar-refractivity contribution in [2.75, 3.05) is 25.5 Å². The van der Waals surface area contributed by atoms with Crippen molar-refractivity contribution in [1.82, 2.24) is 4.90 Å². The summed E-state index contributed by atoms with van der Waals surface area (Å²) in [5.41, 5.74) is 7.04. The Morgan fingerprint density at radius 1 is 1.32 bits per heavy atom. The fraction of sp³-hybridized carbons (Fsp3) is 0.400. The molecule has 0 saturated heterocycles. The summed E-state index contributed by atoms with van der Waals surface area (Å²) in [7, 11) is 1.86. The van der Waals surface area contributed by atoms with Crippen LogP contribution in [0.5, 0.6) is 5.75 Å². The number of amides is 2. The van der Waals surface area contributed by atoms with Crippen molar-refractivity contribution in [2.45, 2.75) is 32.2 Å². The van der Waals surface area contributed by atoms with Gasteiger partial charge in [-0.2, -0.15) is 0 Å². The van der Waals surface area contributed by atoms with Crippen LogP contribution in [-0.4, -0.2) is 43.0 Å². The van der Waals surface area contributed by atoms with E-state index in [1.807, 2.05) is 18.9 Å². The van der Waals surface area contributed by atoms with Crippen LogP contribution in [0.4, 0.5) is 5.00 Å². The number of ether oxygens (including phenoxy) is 1. The Hall–Kier alpha value is -2.09. The van der Waals surface area contributed by atoms with Crippen molar-refractivity contribution in [1.29, 1.82) is 0 Å². The van der Waals surface area contributed by atoms with Crippen LogP contribution >= 0.6 is 22.9 Å². The summed E-state index contributed by atoms with van der Waals surface area (Å²) >= 11 is 7.32. The molecule has 1 aliphatic carbocycles. The van der Waals surface area contributed by atoms with Crippen LogP contribution < -0.4 is 15.8 Å². The maximum Gasteiger partial charge on any atom is 0.251 e. The molecule has 1 aromatic carbocycles. The van der Waals surface area contributed by atoms with E-state index in [0.29, 0.717) is 28.7 Å². The summed E-state index contributed by atoms with van der Waals surface area (Å²) in [4.78, 5) is 27.6. The van der Waals surface area contributed by atoms with Gasteiger partial charge < -0.3 is 15.8 Å². The molecular weight excluding hydrogens is 398 g/mol. The van der Waals surface area contributed by atoms with Crippen LogP contribution in [0.25, 0.3) is 0 Å². The fourth-order valence-corrected chi connectivity index (χ4v) is 4.63. The highest BCUT2D eigenvalue weighted by Gasteiger charge is 2.27. The van der Waals surface area contributed by atoms with Gasteiger partial charge in [0.1, 0.15) is 17.4 Å². The Morgan fingerprint density at radius 2 is 2.04 bits per heavy atom. The number of aryl methyl sites for hydroxylation is 1. The summed E-state index contributed by atoms with van der Waals surface area (Å²) in [6.45, 7) is 2.83. The van der Waals surface area contributed by atoms with Crippen molar-refractivity contribution in [3.63, 3.8) is 0 Å². The smallest absolute Gasteiger partial charge is 0.251 e. The largest absolute Gasteiger partial charge is 0.492 e. The molecule has 1 heterocycles. The lowest BCUT2D eigenvalue weighted by atomic mass is 10.1. The number of anilines is 1. The van der Waals surface area contributed by atoms with Crippen LogP contribution in [0.3, 0.4) is 0 Å². The average molecular weight is 422 g/mol. The van der Waals surface area contributed by atoms with Crippen molar-refractivity contribution < 1.29 is 14.3 Å². The second kappa shape index (κ2) is 8.94. The molecule has 28 heavy (non-hydrogen) atoms. The zero-order valence-electron chi connectivity index (χ0n) is 16.0. The molecule has 2 amide bonds. The SMILES string of the molecule is CC(C(=O)Nc1sc2c(c1C(N)=O)CCC2)N(C)CCOc1ccc(Cl)cc1. The fourth-order valence-electron chi connectivity index (χ4n) is 3.20. The standard InChI is InChI=1S/C20H24ClN3O3S/c1-12(24(2)10-11-27-14-8-6-13(21)7-9-14)19(26)23-20-17(18(22)25)15-4-3-5-16(15)28-20/h6-9,12H,3-5,10-11H2,1-2H3,(H2,22,25)(H,23,26). The number of hydrogen-bond acceptors (Lipinski definition) is 5. The predicted octanol–water partition coefficient (Wildman–Crippen LogP) is 3.33. The predicted molar refractivity (Wildman–Crippen MR) is 113 cm³/mol. The number of benzene rings is 1. The summed E-state index contributed by atoms with van der Waals surface area (Å²) in [5.74, 6) is 0.0811. The Kier molecular flexibility index (Phi) is 6.59. The molecule has 8 heteroatoms. The molecule has 0 spiro atoms. The van der Waals surface area contributed by atoms with Gasteiger partial charge in [-0.15, -0.1) is 11.3 Å². The number of nitrogens with two attached hydrogens (primary N) is 1. The number of nitrogens with zero attached hydrogens (tertiary/aromatic N) is 1. The number of likely N-dealkylation sites (N-methyl/N-ethyl adjacent to an activating group) is 1. The molecule has 0 saturated carbocycles. The maximum atomic E-state index is 12.7. The van der Waals surface area contributed by atoms with Gasteiger partial charge in [0.2, 0.25) is 5.91 Å². The molecule has 0 fully saturated rings. The minimum absolute atomic E-state index is 0.170. The highest BCUT2D eigenvalue weighted by atomic mass is 35.5. The molecule has 0 aliphatic heterocycles. The lowest BCUT2D eigenvalue weighted by molar-refractivity contribution is -0.120. The first-order chi connectivity index (χ1) is 13.4. The zero-order chi connectivity index (χ0) is 20.3. The number of hydrogen-bond donors (Lipinski definition) is 2. The van der Waals surface area contributed by atoms with Gasteiger partial charge in [0, 0.05) is 16.4 Å². The number of primary amides is 1. The molecule has 150 valence electrons. The first kappa shape index (κ1) is 20.6. The van der Waals surface area contributed by atoms with E-state index < -0.39 is 5.91 Å². The quantitative estimate of drug-likeness (QED) is 0.684. The van der Waals surface area contributed by atoms with Gasteiger partial charge in [-0.05, 0) is 63.1 Å². The van der Waals surface area contributed by atoms with E-state index in [4.69, 9.17) is 22.1 Å². The van der Waals surface area contributed by atoms with Crippen molar-refractivity contribution in [3.8, 4) is 5.75 Å². The Labute approximate surface area is 173 Å². The molecular formula is C20H24ClN3O3S. The molecule has 0 radical (unpaired) electrons. The molecule has 3 N–H and O–H groups in total. The molecule has 1 atom stereocenters. The van der Waals surface area contributed by atoms with E-state index in [2.05, 4.69) is 5.32 Å². The van der Waals surface area contributed by atoms with Crippen LogP contribution in [-0.2, 0) is 17.6 Å². The molecule has 0 bridgehead atoms. The number of halogens is 1. The van der Waals surface area contributed by atoms with Crippen molar-refractivity contribution in [2.24, 2.45) is 5.73 Å². The third-order valence-electron chi connectivity index (χ3n) is 4.97. The minimum Gasteiger partial charge on any atom is -0.492 e. The van der Waals surface area contributed by atoms with E-state index in [1.165, 1.54) is 11.3 Å². The third-order valence-corrected chi connectivity index (χ3v) is 6.43. The van der Waals surface area contributed by atoms with Crippen LogP contribution in [0, 0.1) is 0 Å². The lowest BCUT2D eigenvalue weighted by Crippen LogP contribution is -2.41. The molecule has 3 rings (SSSR count). The van der Waals surface area contributed by atoms with Crippen LogP contribution in [0.15, 0.2) is 24.3 Å². The van der Waals surface area contributed by atoms with Gasteiger partial charge in [0.05, 0.1) is 11.6 Å². The number of fused-ring (bicyclic) bond motifs is 1. The topological polar surface area (TPSA) is 84.7 Å².